The van der Waals surface area contributed by atoms with E-state index in [0.717, 1.165) is 6.42 Å². The quantitative estimate of drug-likeness (QED) is 0.733. The number of nitrogens with zero attached hydrogens (tertiary/aromatic N) is 5. The van der Waals surface area contributed by atoms with Gasteiger partial charge in [-0.1, -0.05) is 0 Å². The molecular formula is C21H29N5O3. The zero-order chi connectivity index (χ0) is 21.0. The molecule has 8 heteroatoms. The number of carbonyl (C=O) groups excluding carboxylic acids is 2. The number of aromatic nitrogens is 3. The number of ether oxygens (including phenoxy) is 1. The highest BCUT2D eigenvalue weighted by Gasteiger charge is 2.25. The number of hydrogen-bond acceptors (Lipinski definition) is 7. The Balaban J connectivity index is 0.00000320. The lowest BCUT2D eigenvalue weighted by Crippen LogP contribution is -2.39. The van der Waals surface area contributed by atoms with E-state index in [1.54, 1.807) is 42.4 Å². The van der Waals surface area contributed by atoms with E-state index in [2.05, 4.69) is 15.0 Å². The normalized spacial score (nSPS) is 15.0. The Labute approximate surface area is 172 Å². The number of aryl methyl sites for hydroxylation is 1. The first-order valence-electron chi connectivity index (χ1n) is 9.77. The summed E-state index contributed by atoms with van der Waals surface area (Å²) in [6.07, 6.45) is 3.71. The van der Waals surface area contributed by atoms with Crippen LogP contribution in [-0.4, -0.2) is 63.5 Å². The fourth-order valence-corrected chi connectivity index (χ4v) is 3.12. The first-order chi connectivity index (χ1) is 13.7. The number of anilines is 1. The molecule has 2 aromatic heterocycles. The maximum absolute atomic E-state index is 12.8. The molecule has 3 rings (SSSR count). The Morgan fingerprint density at radius 3 is 2.59 bits per heavy atom. The molecule has 8 nitrogen and oxygen atoms in total. The van der Waals surface area contributed by atoms with Crippen molar-refractivity contribution in [2.24, 2.45) is 0 Å². The second-order valence-corrected chi connectivity index (χ2v) is 8.02. The SMILES string of the molecule is Cc1ncccc1C(=O)c1ccnc(N2CCCN(C(=O)OC(C)(C)C)CC2)n1.[HH]. The fraction of sp³-hybridized carbons (Fsp3) is 0.476. The summed E-state index contributed by atoms with van der Waals surface area (Å²) in [6, 6.07) is 5.10. The van der Waals surface area contributed by atoms with Gasteiger partial charge in [-0.05, 0) is 52.3 Å². The smallest absolute Gasteiger partial charge is 0.410 e. The number of ketones is 1. The van der Waals surface area contributed by atoms with Crippen molar-refractivity contribution in [3.8, 4) is 0 Å². The van der Waals surface area contributed by atoms with Crippen LogP contribution < -0.4 is 4.90 Å². The predicted molar refractivity (Wildman–Crippen MR) is 111 cm³/mol. The number of hydrogen-bond donors (Lipinski definition) is 0. The van der Waals surface area contributed by atoms with Crippen LogP contribution in [0.3, 0.4) is 0 Å². The summed E-state index contributed by atoms with van der Waals surface area (Å²) in [5.74, 6) is 0.313. The molecular weight excluding hydrogens is 370 g/mol. The Morgan fingerprint density at radius 1 is 1.07 bits per heavy atom. The highest BCUT2D eigenvalue weighted by atomic mass is 16.6. The van der Waals surface area contributed by atoms with E-state index in [9.17, 15) is 9.59 Å². The molecule has 156 valence electrons. The molecule has 0 saturated carbocycles. The molecule has 0 atom stereocenters. The van der Waals surface area contributed by atoms with Gasteiger partial charge in [0.2, 0.25) is 11.7 Å². The third-order valence-corrected chi connectivity index (χ3v) is 4.56. The minimum atomic E-state index is -0.523. The molecule has 0 aliphatic carbocycles. The summed E-state index contributed by atoms with van der Waals surface area (Å²) in [7, 11) is 0. The summed E-state index contributed by atoms with van der Waals surface area (Å²) in [5.41, 5.74) is 1.01. The Morgan fingerprint density at radius 2 is 1.86 bits per heavy atom. The second-order valence-electron chi connectivity index (χ2n) is 8.02. The number of carbonyl (C=O) groups is 2. The standard InChI is InChI=1S/C21H27N5O3.H2/c1-15-16(7-5-9-22-15)18(27)17-8-10-23-19(24-17)25-11-6-12-26(14-13-25)20(28)29-21(2,3)4;/h5,7-10H,6,11-14H2,1-4H3;1H. The zero-order valence-corrected chi connectivity index (χ0v) is 17.4. The number of amides is 1. The Bertz CT molecular complexity index is 900. The zero-order valence-electron chi connectivity index (χ0n) is 17.4. The average Bonchev–Trinajstić information content (AvgIpc) is 2.93. The summed E-state index contributed by atoms with van der Waals surface area (Å²) < 4.78 is 5.47. The third-order valence-electron chi connectivity index (χ3n) is 4.56. The van der Waals surface area contributed by atoms with Gasteiger partial charge in [0.1, 0.15) is 11.3 Å². The Kier molecular flexibility index (Phi) is 6.10. The lowest BCUT2D eigenvalue weighted by Gasteiger charge is -2.26. The fourth-order valence-electron chi connectivity index (χ4n) is 3.12. The topological polar surface area (TPSA) is 88.5 Å². The van der Waals surface area contributed by atoms with Gasteiger partial charge in [0.15, 0.2) is 0 Å². The van der Waals surface area contributed by atoms with Gasteiger partial charge in [-0.25, -0.2) is 14.8 Å². The van der Waals surface area contributed by atoms with Crippen molar-refractivity contribution in [3.63, 3.8) is 0 Å². The molecule has 0 bridgehead atoms. The van der Waals surface area contributed by atoms with Gasteiger partial charge in [-0.15, -0.1) is 0 Å². The van der Waals surface area contributed by atoms with Gasteiger partial charge in [0, 0.05) is 51.3 Å². The van der Waals surface area contributed by atoms with Crippen LogP contribution in [0.2, 0.25) is 0 Å². The van der Waals surface area contributed by atoms with E-state index in [0.29, 0.717) is 49.1 Å². The molecule has 0 spiro atoms. The Hall–Kier alpha value is -3.03. The number of rotatable bonds is 3. The van der Waals surface area contributed by atoms with Crippen LogP contribution in [0.1, 0.15) is 50.4 Å². The van der Waals surface area contributed by atoms with Crippen LogP contribution in [0.25, 0.3) is 0 Å². The molecule has 1 amide bonds. The largest absolute Gasteiger partial charge is 0.444 e. The molecule has 3 heterocycles. The molecule has 1 aliphatic rings. The monoisotopic (exact) mass is 399 g/mol. The van der Waals surface area contributed by atoms with Crippen molar-refractivity contribution in [1.82, 2.24) is 19.9 Å². The van der Waals surface area contributed by atoms with Gasteiger partial charge in [-0.2, -0.15) is 0 Å². The summed E-state index contributed by atoms with van der Waals surface area (Å²) >= 11 is 0. The van der Waals surface area contributed by atoms with E-state index < -0.39 is 5.60 Å². The molecule has 1 aliphatic heterocycles. The van der Waals surface area contributed by atoms with Crippen molar-refractivity contribution in [2.75, 3.05) is 31.1 Å². The molecule has 0 aromatic carbocycles. The lowest BCUT2D eigenvalue weighted by molar-refractivity contribution is 0.0263. The lowest BCUT2D eigenvalue weighted by atomic mass is 10.1. The maximum atomic E-state index is 12.8. The van der Waals surface area contributed by atoms with E-state index >= 15 is 0 Å². The molecule has 0 radical (unpaired) electrons. The van der Waals surface area contributed by atoms with Crippen molar-refractivity contribution in [2.45, 2.75) is 39.7 Å². The highest BCUT2D eigenvalue weighted by Crippen LogP contribution is 2.17. The average molecular weight is 399 g/mol. The molecule has 0 unspecified atom stereocenters. The van der Waals surface area contributed by atoms with Crippen LogP contribution in [0.4, 0.5) is 10.7 Å². The van der Waals surface area contributed by atoms with Crippen molar-refractivity contribution in [1.29, 1.82) is 0 Å². The van der Waals surface area contributed by atoms with Crippen LogP contribution in [0.15, 0.2) is 30.6 Å². The maximum Gasteiger partial charge on any atom is 0.410 e. The molecule has 29 heavy (non-hydrogen) atoms. The highest BCUT2D eigenvalue weighted by molar-refractivity contribution is 6.08. The van der Waals surface area contributed by atoms with Gasteiger partial charge >= 0.3 is 6.09 Å². The molecule has 0 N–H and O–H groups in total. The van der Waals surface area contributed by atoms with Crippen molar-refractivity contribution < 1.29 is 15.8 Å². The third kappa shape index (κ3) is 5.28. The minimum absolute atomic E-state index is 0. The van der Waals surface area contributed by atoms with Crippen LogP contribution in [0, 0.1) is 6.92 Å². The summed E-state index contributed by atoms with van der Waals surface area (Å²) in [5, 5.41) is 0. The predicted octanol–water partition coefficient (Wildman–Crippen LogP) is 3.10. The minimum Gasteiger partial charge on any atom is -0.444 e. The first kappa shape index (κ1) is 20.7. The van der Waals surface area contributed by atoms with Gasteiger partial charge in [-0.3, -0.25) is 9.78 Å². The first-order valence-corrected chi connectivity index (χ1v) is 9.77. The van der Waals surface area contributed by atoms with Crippen molar-refractivity contribution >= 4 is 17.8 Å². The van der Waals surface area contributed by atoms with Gasteiger partial charge in [0.25, 0.3) is 0 Å². The molecule has 1 saturated heterocycles. The van der Waals surface area contributed by atoms with Crippen LogP contribution in [-0.2, 0) is 4.74 Å². The van der Waals surface area contributed by atoms with E-state index in [-0.39, 0.29) is 13.3 Å². The molecule has 1 fully saturated rings. The number of pyridine rings is 1. The van der Waals surface area contributed by atoms with Gasteiger partial charge in [0.05, 0.1) is 0 Å². The van der Waals surface area contributed by atoms with Crippen LogP contribution in [0.5, 0.6) is 0 Å². The van der Waals surface area contributed by atoms with E-state index in [1.807, 2.05) is 25.7 Å². The van der Waals surface area contributed by atoms with Crippen LogP contribution >= 0.6 is 0 Å². The summed E-state index contributed by atoms with van der Waals surface area (Å²) in [6.45, 7) is 9.76. The van der Waals surface area contributed by atoms with E-state index in [1.165, 1.54) is 0 Å². The summed E-state index contributed by atoms with van der Waals surface area (Å²) in [4.78, 5) is 41.9. The second kappa shape index (κ2) is 8.55. The van der Waals surface area contributed by atoms with E-state index in [4.69, 9.17) is 4.74 Å². The van der Waals surface area contributed by atoms with Gasteiger partial charge < -0.3 is 14.5 Å². The molecule has 2 aromatic rings. The van der Waals surface area contributed by atoms with Crippen molar-refractivity contribution in [3.05, 3.63) is 47.5 Å².